The van der Waals surface area contributed by atoms with Gasteiger partial charge in [-0.2, -0.15) is 5.10 Å². The number of aryl methyl sites for hydroxylation is 1. The molecule has 1 amide bonds. The van der Waals surface area contributed by atoms with Crippen molar-refractivity contribution >= 4 is 33.4 Å². The molecule has 1 saturated carbocycles. The second kappa shape index (κ2) is 8.41. The van der Waals surface area contributed by atoms with E-state index in [1.807, 2.05) is 24.5 Å². The Morgan fingerprint density at radius 2 is 1.78 bits per heavy atom. The number of H-pyrrole nitrogens is 2. The molecule has 4 heterocycles. The zero-order chi connectivity index (χ0) is 24.9. The lowest BCUT2D eigenvalue weighted by Gasteiger charge is -2.09. The molecule has 4 aromatic heterocycles. The lowest BCUT2D eigenvalue weighted by Crippen LogP contribution is -2.13. The molecule has 7 rings (SSSR count). The van der Waals surface area contributed by atoms with E-state index in [-0.39, 0.29) is 11.8 Å². The molecule has 2 aromatic carbocycles. The molecule has 0 radical (unpaired) electrons. The van der Waals surface area contributed by atoms with Crippen molar-refractivity contribution in [2.75, 3.05) is 5.32 Å². The number of aromatic amines is 2. The Balaban J connectivity index is 1.31. The molecule has 7 heteroatoms. The third kappa shape index (κ3) is 3.85. The number of fused-ring (bicyclic) bond motifs is 2. The maximum Gasteiger partial charge on any atom is 0.227 e. The number of hydrogen-bond acceptors (Lipinski definition) is 4. The molecule has 37 heavy (non-hydrogen) atoms. The second-order valence-electron chi connectivity index (χ2n) is 9.70. The molecule has 0 unspecified atom stereocenters. The first-order valence-corrected chi connectivity index (χ1v) is 12.4. The molecule has 0 spiro atoms. The normalized spacial score (nSPS) is 13.3. The van der Waals surface area contributed by atoms with Gasteiger partial charge in [-0.05, 0) is 72.9 Å². The van der Waals surface area contributed by atoms with Gasteiger partial charge in [-0.25, -0.2) is 0 Å². The third-order valence-corrected chi connectivity index (χ3v) is 7.06. The van der Waals surface area contributed by atoms with Crippen LogP contribution >= 0.6 is 0 Å². The highest BCUT2D eigenvalue weighted by Crippen LogP contribution is 2.37. The number of hydrogen-bond donors (Lipinski definition) is 3. The van der Waals surface area contributed by atoms with Gasteiger partial charge >= 0.3 is 0 Å². The summed E-state index contributed by atoms with van der Waals surface area (Å²) in [6, 6.07) is 18.7. The van der Waals surface area contributed by atoms with Crippen LogP contribution in [0.2, 0.25) is 0 Å². The Morgan fingerprint density at radius 1 is 0.892 bits per heavy atom. The van der Waals surface area contributed by atoms with E-state index in [2.05, 4.69) is 79.9 Å². The maximum atomic E-state index is 12.3. The first-order valence-electron chi connectivity index (χ1n) is 12.4. The minimum absolute atomic E-state index is 0.0766. The SMILES string of the molecule is Cc1cc2[nH]nc(-c3cc4c(-c5cccnc5)cccc4[nH]3)c2cc1-c1cncc(NC(=O)C2CC2)c1. The number of amides is 1. The van der Waals surface area contributed by atoms with Crippen LogP contribution in [-0.4, -0.2) is 31.1 Å². The highest BCUT2D eigenvalue weighted by molar-refractivity contribution is 6.02. The molecule has 0 saturated heterocycles. The number of aromatic nitrogens is 5. The van der Waals surface area contributed by atoms with Crippen LogP contribution in [-0.2, 0) is 4.79 Å². The van der Waals surface area contributed by atoms with Gasteiger partial charge in [0.2, 0.25) is 5.91 Å². The van der Waals surface area contributed by atoms with E-state index in [0.717, 1.165) is 79.5 Å². The number of nitrogens with one attached hydrogen (secondary N) is 3. The number of carbonyl (C=O) groups excluding carboxylic acids is 1. The smallest absolute Gasteiger partial charge is 0.227 e. The number of nitrogens with zero attached hydrogens (tertiary/aromatic N) is 3. The van der Waals surface area contributed by atoms with Gasteiger partial charge < -0.3 is 10.3 Å². The lowest BCUT2D eigenvalue weighted by atomic mass is 9.98. The van der Waals surface area contributed by atoms with E-state index in [0.29, 0.717) is 0 Å². The quantitative estimate of drug-likeness (QED) is 0.260. The molecule has 6 aromatic rings. The van der Waals surface area contributed by atoms with Crippen molar-refractivity contribution < 1.29 is 4.79 Å². The topological polar surface area (TPSA) is 99.3 Å². The first kappa shape index (κ1) is 21.5. The molecular formula is C30H24N6O. The van der Waals surface area contributed by atoms with Gasteiger partial charge in [-0.1, -0.05) is 18.2 Å². The van der Waals surface area contributed by atoms with Crippen molar-refractivity contribution in [2.45, 2.75) is 19.8 Å². The number of pyridine rings is 2. The Hall–Kier alpha value is -4.78. The third-order valence-electron chi connectivity index (χ3n) is 7.06. The number of carbonyl (C=O) groups is 1. The van der Waals surface area contributed by atoms with Crippen molar-refractivity contribution in [1.29, 1.82) is 0 Å². The predicted molar refractivity (Wildman–Crippen MR) is 146 cm³/mol. The Morgan fingerprint density at radius 3 is 2.62 bits per heavy atom. The van der Waals surface area contributed by atoms with Crippen LogP contribution in [0.25, 0.3) is 55.4 Å². The minimum atomic E-state index is 0.0766. The fourth-order valence-corrected chi connectivity index (χ4v) is 4.99. The van der Waals surface area contributed by atoms with E-state index in [1.165, 1.54) is 0 Å². The van der Waals surface area contributed by atoms with Gasteiger partial charge in [0, 0.05) is 51.9 Å². The van der Waals surface area contributed by atoms with E-state index in [9.17, 15) is 4.79 Å². The van der Waals surface area contributed by atoms with Gasteiger partial charge in [-0.15, -0.1) is 0 Å². The van der Waals surface area contributed by atoms with Crippen molar-refractivity contribution in [2.24, 2.45) is 5.92 Å². The fraction of sp³-hybridized carbons (Fsp3) is 0.133. The van der Waals surface area contributed by atoms with Crippen molar-refractivity contribution in [3.8, 4) is 33.6 Å². The molecule has 7 nitrogen and oxygen atoms in total. The highest BCUT2D eigenvalue weighted by atomic mass is 16.2. The molecule has 1 aliphatic carbocycles. The van der Waals surface area contributed by atoms with Gasteiger partial charge in [0.25, 0.3) is 0 Å². The molecule has 0 atom stereocenters. The lowest BCUT2D eigenvalue weighted by molar-refractivity contribution is -0.117. The first-order chi connectivity index (χ1) is 18.1. The Bertz CT molecular complexity index is 1800. The van der Waals surface area contributed by atoms with Crippen LogP contribution in [0.15, 0.2) is 79.4 Å². The summed E-state index contributed by atoms with van der Waals surface area (Å²) >= 11 is 0. The van der Waals surface area contributed by atoms with Crippen molar-refractivity contribution in [3.63, 3.8) is 0 Å². The molecule has 0 bridgehead atoms. The van der Waals surface area contributed by atoms with Gasteiger partial charge in [0.1, 0.15) is 5.69 Å². The monoisotopic (exact) mass is 484 g/mol. The molecule has 1 aliphatic rings. The van der Waals surface area contributed by atoms with Crippen LogP contribution in [0.3, 0.4) is 0 Å². The second-order valence-corrected chi connectivity index (χ2v) is 9.70. The summed E-state index contributed by atoms with van der Waals surface area (Å²) < 4.78 is 0. The molecule has 0 aliphatic heterocycles. The van der Waals surface area contributed by atoms with E-state index < -0.39 is 0 Å². The minimum Gasteiger partial charge on any atom is -0.353 e. The average molecular weight is 485 g/mol. The summed E-state index contributed by atoms with van der Waals surface area (Å²) in [6.45, 7) is 2.08. The van der Waals surface area contributed by atoms with Gasteiger partial charge in [0.05, 0.1) is 23.1 Å². The summed E-state index contributed by atoms with van der Waals surface area (Å²) in [6.07, 6.45) is 9.14. The van der Waals surface area contributed by atoms with Crippen LogP contribution in [0.4, 0.5) is 5.69 Å². The number of rotatable bonds is 5. The van der Waals surface area contributed by atoms with Gasteiger partial charge in [-0.3, -0.25) is 19.9 Å². The average Bonchev–Trinajstić information content (AvgIpc) is 3.56. The Labute approximate surface area is 213 Å². The van der Waals surface area contributed by atoms with Crippen LogP contribution in [0, 0.1) is 12.8 Å². The van der Waals surface area contributed by atoms with Crippen molar-refractivity contribution in [3.05, 3.63) is 84.9 Å². The van der Waals surface area contributed by atoms with Crippen molar-refractivity contribution in [1.82, 2.24) is 25.1 Å². The van der Waals surface area contributed by atoms with Gasteiger partial charge in [0.15, 0.2) is 0 Å². The summed E-state index contributed by atoms with van der Waals surface area (Å²) in [5, 5.41) is 13.0. The summed E-state index contributed by atoms with van der Waals surface area (Å²) in [4.78, 5) is 24.5. The number of benzene rings is 2. The summed E-state index contributed by atoms with van der Waals surface area (Å²) in [7, 11) is 0. The van der Waals surface area contributed by atoms with E-state index in [1.54, 1.807) is 12.4 Å². The van der Waals surface area contributed by atoms with E-state index in [4.69, 9.17) is 0 Å². The zero-order valence-electron chi connectivity index (χ0n) is 20.2. The summed E-state index contributed by atoms with van der Waals surface area (Å²) in [5.74, 6) is 0.220. The highest BCUT2D eigenvalue weighted by Gasteiger charge is 2.29. The van der Waals surface area contributed by atoms with Crippen LogP contribution in [0.1, 0.15) is 18.4 Å². The van der Waals surface area contributed by atoms with Crippen LogP contribution < -0.4 is 5.32 Å². The fourth-order valence-electron chi connectivity index (χ4n) is 4.99. The molecule has 180 valence electrons. The zero-order valence-corrected chi connectivity index (χ0v) is 20.2. The van der Waals surface area contributed by atoms with Crippen LogP contribution in [0.5, 0.6) is 0 Å². The van der Waals surface area contributed by atoms with E-state index >= 15 is 0 Å². The largest absolute Gasteiger partial charge is 0.353 e. The Kier molecular flexibility index (Phi) is 4.89. The predicted octanol–water partition coefficient (Wildman–Crippen LogP) is 6.49. The number of anilines is 1. The molecule has 1 fully saturated rings. The summed E-state index contributed by atoms with van der Waals surface area (Å²) in [5.41, 5.74) is 9.84. The molecular weight excluding hydrogens is 460 g/mol. The molecule has 3 N–H and O–H groups in total. The maximum absolute atomic E-state index is 12.3. The standard InChI is InChI=1S/C30H24N6O/c1-17-10-27-25(12-23(17)20-11-21(16-32-15-20)33-30(37)18-7-8-18)29(36-35-27)28-13-24-22(5-2-6-26(24)34-28)19-4-3-9-31-14-19/h2-6,9-16,18,34H,7-8H2,1H3,(H,33,37)(H,35,36).